The first-order valence-corrected chi connectivity index (χ1v) is 11.8. The zero-order valence-corrected chi connectivity index (χ0v) is 18.8. The minimum atomic E-state index is -3.76. The number of carbonyl (C=O) groups is 1. The smallest absolute Gasteiger partial charge is 0.264 e. The number of hydrogen-bond acceptors (Lipinski definition) is 4. The van der Waals surface area contributed by atoms with E-state index in [2.05, 4.69) is 17.3 Å². The number of sulfonamides is 1. The zero-order chi connectivity index (χ0) is 21.7. The first-order valence-electron chi connectivity index (χ1n) is 10.4. The minimum absolute atomic E-state index is 0.105. The standard InChI is InChI=1S/C23H31N3O3S/c1-18-7-9-21(10-8-18)26(3)30(28,29)22-6-4-5-20(17-22)23(27)24-14-11-19-12-15-25(2)16-13-19/h4-10,17,19H,11-16H2,1-3H3,(H,24,27). The molecule has 0 spiro atoms. The van der Waals surface area contributed by atoms with Crippen LogP contribution in [0, 0.1) is 12.8 Å². The Labute approximate surface area is 179 Å². The second-order valence-corrected chi connectivity index (χ2v) is 10.1. The fourth-order valence-corrected chi connectivity index (χ4v) is 4.93. The largest absolute Gasteiger partial charge is 0.352 e. The van der Waals surface area contributed by atoms with E-state index in [0.717, 1.165) is 37.9 Å². The van der Waals surface area contributed by atoms with Crippen molar-refractivity contribution in [2.45, 2.75) is 31.1 Å². The van der Waals surface area contributed by atoms with Crippen LogP contribution >= 0.6 is 0 Å². The second-order valence-electron chi connectivity index (χ2n) is 8.13. The molecule has 1 aliphatic rings. The Morgan fingerprint density at radius 3 is 2.47 bits per heavy atom. The number of anilines is 1. The number of amides is 1. The van der Waals surface area contributed by atoms with Gasteiger partial charge in [0.2, 0.25) is 0 Å². The van der Waals surface area contributed by atoms with Gasteiger partial charge in [0.25, 0.3) is 15.9 Å². The van der Waals surface area contributed by atoms with Crippen LogP contribution in [-0.4, -0.2) is 53.0 Å². The van der Waals surface area contributed by atoms with E-state index in [9.17, 15) is 13.2 Å². The number of nitrogens with one attached hydrogen (secondary N) is 1. The van der Waals surface area contributed by atoms with Crippen molar-refractivity contribution < 1.29 is 13.2 Å². The molecule has 2 aromatic carbocycles. The molecular weight excluding hydrogens is 398 g/mol. The van der Waals surface area contributed by atoms with Gasteiger partial charge in [0.1, 0.15) is 0 Å². The molecule has 1 heterocycles. The van der Waals surface area contributed by atoms with Gasteiger partial charge >= 0.3 is 0 Å². The molecule has 0 atom stereocenters. The molecule has 0 aliphatic carbocycles. The maximum Gasteiger partial charge on any atom is 0.264 e. The number of carbonyl (C=O) groups excluding carboxylic acids is 1. The van der Waals surface area contributed by atoms with Crippen LogP contribution in [0.1, 0.15) is 35.2 Å². The van der Waals surface area contributed by atoms with Gasteiger partial charge in [-0.15, -0.1) is 0 Å². The van der Waals surface area contributed by atoms with E-state index in [-0.39, 0.29) is 10.8 Å². The Morgan fingerprint density at radius 1 is 1.13 bits per heavy atom. The van der Waals surface area contributed by atoms with Crippen LogP contribution in [-0.2, 0) is 10.0 Å². The summed E-state index contributed by atoms with van der Waals surface area (Å²) in [7, 11) is -0.0987. The molecule has 1 saturated heterocycles. The van der Waals surface area contributed by atoms with E-state index in [0.29, 0.717) is 23.7 Å². The fraction of sp³-hybridized carbons (Fsp3) is 0.435. The Balaban J connectivity index is 1.64. The lowest BCUT2D eigenvalue weighted by Gasteiger charge is -2.28. The summed E-state index contributed by atoms with van der Waals surface area (Å²) in [6.07, 6.45) is 3.27. The molecule has 3 rings (SSSR count). The summed E-state index contributed by atoms with van der Waals surface area (Å²) in [5.74, 6) is 0.398. The lowest BCUT2D eigenvalue weighted by molar-refractivity contribution is 0.0948. The maximum atomic E-state index is 13.0. The maximum absolute atomic E-state index is 13.0. The van der Waals surface area contributed by atoms with E-state index >= 15 is 0 Å². The van der Waals surface area contributed by atoms with Crippen LogP contribution in [0.2, 0.25) is 0 Å². The SMILES string of the molecule is Cc1ccc(N(C)S(=O)(=O)c2cccc(C(=O)NCCC3CCN(C)CC3)c2)cc1. The molecular formula is C23H31N3O3S. The first kappa shape index (κ1) is 22.3. The number of hydrogen-bond donors (Lipinski definition) is 1. The van der Waals surface area contributed by atoms with Gasteiger partial charge in [-0.3, -0.25) is 9.10 Å². The normalized spacial score (nSPS) is 15.7. The van der Waals surface area contributed by atoms with Gasteiger partial charge in [-0.05, 0) is 82.6 Å². The van der Waals surface area contributed by atoms with Crippen LogP contribution < -0.4 is 9.62 Å². The number of likely N-dealkylation sites (tertiary alicyclic amines) is 1. The molecule has 0 bridgehead atoms. The number of benzene rings is 2. The summed E-state index contributed by atoms with van der Waals surface area (Å²) < 4.78 is 27.3. The summed E-state index contributed by atoms with van der Waals surface area (Å²) in [5, 5.41) is 2.94. The van der Waals surface area contributed by atoms with Crippen molar-refractivity contribution in [2.75, 3.05) is 38.0 Å². The highest BCUT2D eigenvalue weighted by Crippen LogP contribution is 2.23. The highest BCUT2D eigenvalue weighted by molar-refractivity contribution is 7.92. The van der Waals surface area contributed by atoms with Gasteiger partial charge in [-0.25, -0.2) is 8.42 Å². The van der Waals surface area contributed by atoms with Crippen molar-refractivity contribution in [3.8, 4) is 0 Å². The third-order valence-electron chi connectivity index (χ3n) is 5.83. The molecule has 1 aliphatic heterocycles. The van der Waals surface area contributed by atoms with Crippen molar-refractivity contribution in [2.24, 2.45) is 5.92 Å². The average Bonchev–Trinajstić information content (AvgIpc) is 2.75. The average molecular weight is 430 g/mol. The Kier molecular flexibility index (Phi) is 7.15. The van der Waals surface area contributed by atoms with Gasteiger partial charge in [-0.1, -0.05) is 23.8 Å². The Morgan fingerprint density at radius 2 is 1.80 bits per heavy atom. The van der Waals surface area contributed by atoms with Crippen molar-refractivity contribution in [3.63, 3.8) is 0 Å². The third-order valence-corrected chi connectivity index (χ3v) is 7.61. The monoisotopic (exact) mass is 429 g/mol. The molecule has 0 aromatic heterocycles. The highest BCUT2D eigenvalue weighted by Gasteiger charge is 2.22. The number of piperidine rings is 1. The Hall–Kier alpha value is -2.38. The summed E-state index contributed by atoms with van der Waals surface area (Å²) in [6.45, 7) is 4.76. The van der Waals surface area contributed by atoms with Gasteiger partial charge in [0.05, 0.1) is 10.6 Å². The molecule has 2 aromatic rings. The predicted molar refractivity (Wildman–Crippen MR) is 120 cm³/mol. The van der Waals surface area contributed by atoms with Gasteiger partial charge in [-0.2, -0.15) is 0 Å². The Bertz CT molecular complexity index is 965. The van der Waals surface area contributed by atoms with Crippen molar-refractivity contribution in [1.82, 2.24) is 10.2 Å². The summed E-state index contributed by atoms with van der Waals surface area (Å²) in [6, 6.07) is 13.5. The molecule has 162 valence electrons. The molecule has 0 radical (unpaired) electrons. The quantitative estimate of drug-likeness (QED) is 0.733. The molecule has 0 saturated carbocycles. The number of aryl methyl sites for hydroxylation is 1. The van der Waals surface area contributed by atoms with Crippen LogP contribution in [0.15, 0.2) is 53.4 Å². The topological polar surface area (TPSA) is 69.7 Å². The lowest BCUT2D eigenvalue weighted by Crippen LogP contribution is -2.32. The van der Waals surface area contributed by atoms with Gasteiger partial charge in [0.15, 0.2) is 0 Å². The predicted octanol–water partition coefficient (Wildman–Crippen LogP) is 3.28. The summed E-state index contributed by atoms with van der Waals surface area (Å²) in [5.41, 5.74) is 1.99. The van der Waals surface area contributed by atoms with Crippen molar-refractivity contribution >= 4 is 21.6 Å². The molecule has 1 amide bonds. The van der Waals surface area contributed by atoms with Crippen LogP contribution in [0.4, 0.5) is 5.69 Å². The lowest BCUT2D eigenvalue weighted by atomic mass is 9.94. The van der Waals surface area contributed by atoms with Gasteiger partial charge < -0.3 is 10.2 Å². The van der Waals surface area contributed by atoms with Crippen LogP contribution in [0.25, 0.3) is 0 Å². The van der Waals surface area contributed by atoms with Crippen molar-refractivity contribution in [1.29, 1.82) is 0 Å². The summed E-state index contributed by atoms with van der Waals surface area (Å²) >= 11 is 0. The number of nitrogens with zero attached hydrogens (tertiary/aromatic N) is 2. The first-order chi connectivity index (χ1) is 14.3. The molecule has 30 heavy (non-hydrogen) atoms. The van der Waals surface area contributed by atoms with E-state index in [4.69, 9.17) is 0 Å². The number of rotatable bonds is 7. The van der Waals surface area contributed by atoms with Crippen LogP contribution in [0.3, 0.4) is 0 Å². The van der Waals surface area contributed by atoms with Crippen LogP contribution in [0.5, 0.6) is 0 Å². The van der Waals surface area contributed by atoms with E-state index < -0.39 is 10.0 Å². The molecule has 6 nitrogen and oxygen atoms in total. The fourth-order valence-electron chi connectivity index (χ4n) is 3.69. The zero-order valence-electron chi connectivity index (χ0n) is 18.0. The summed E-state index contributed by atoms with van der Waals surface area (Å²) in [4.78, 5) is 15.0. The third kappa shape index (κ3) is 5.40. The van der Waals surface area contributed by atoms with E-state index in [1.807, 2.05) is 19.1 Å². The van der Waals surface area contributed by atoms with Crippen molar-refractivity contribution in [3.05, 3.63) is 59.7 Å². The van der Waals surface area contributed by atoms with Gasteiger partial charge in [0, 0.05) is 19.2 Å². The molecule has 1 fully saturated rings. The molecule has 1 N–H and O–H groups in total. The highest BCUT2D eigenvalue weighted by atomic mass is 32.2. The van der Waals surface area contributed by atoms with E-state index in [1.165, 1.54) is 23.5 Å². The second kappa shape index (κ2) is 9.62. The minimum Gasteiger partial charge on any atom is -0.352 e. The molecule has 0 unspecified atom stereocenters. The van der Waals surface area contributed by atoms with E-state index in [1.54, 1.807) is 24.3 Å². The molecule has 7 heteroatoms.